The summed E-state index contributed by atoms with van der Waals surface area (Å²) in [4.78, 5) is 0. The van der Waals surface area contributed by atoms with Crippen molar-refractivity contribution < 1.29 is 4.57 Å². The van der Waals surface area contributed by atoms with E-state index in [4.69, 9.17) is 11.6 Å². The van der Waals surface area contributed by atoms with Gasteiger partial charge in [0.2, 0.25) is 0 Å². The summed E-state index contributed by atoms with van der Waals surface area (Å²) in [6.07, 6.45) is 2.56. The van der Waals surface area contributed by atoms with E-state index in [0.717, 1.165) is 17.0 Å². The second kappa shape index (κ2) is 5.08. The Labute approximate surface area is 78.3 Å². The number of hydrogen-bond acceptors (Lipinski definition) is 1. The van der Waals surface area contributed by atoms with Gasteiger partial charge in [-0.2, -0.15) is 0 Å². The van der Waals surface area contributed by atoms with E-state index >= 15 is 0 Å². The summed E-state index contributed by atoms with van der Waals surface area (Å²) in [5.74, 6) is 1.57. The van der Waals surface area contributed by atoms with Gasteiger partial charge in [0.1, 0.15) is 0 Å². The molecule has 1 rings (SSSR count). The van der Waals surface area contributed by atoms with Gasteiger partial charge >= 0.3 is 0 Å². The summed E-state index contributed by atoms with van der Waals surface area (Å²) in [6, 6.07) is 7.62. The molecule has 0 spiro atoms. The van der Waals surface area contributed by atoms with Gasteiger partial charge in [-0.1, -0.05) is 35.9 Å². The quantitative estimate of drug-likeness (QED) is 0.677. The number of halogens is 1. The molecular formula is C9H8ClOP. The van der Waals surface area contributed by atoms with Gasteiger partial charge in [0.05, 0.1) is 0 Å². The SMILES string of the molecule is O=PC=CCc1ccccc1Cl. The van der Waals surface area contributed by atoms with Crippen LogP contribution < -0.4 is 0 Å². The summed E-state index contributed by atoms with van der Waals surface area (Å²) in [7, 11) is 0.0429. The van der Waals surface area contributed by atoms with Crippen molar-refractivity contribution >= 4 is 20.1 Å². The van der Waals surface area contributed by atoms with Crippen LogP contribution in [0.2, 0.25) is 5.02 Å². The summed E-state index contributed by atoms with van der Waals surface area (Å²) in [5, 5.41) is 0.754. The van der Waals surface area contributed by atoms with E-state index in [1.54, 1.807) is 5.82 Å². The van der Waals surface area contributed by atoms with Gasteiger partial charge in [-0.3, -0.25) is 4.57 Å². The molecule has 0 N–H and O–H groups in total. The average molecular weight is 199 g/mol. The monoisotopic (exact) mass is 198 g/mol. The lowest BCUT2D eigenvalue weighted by molar-refractivity contribution is 0.602. The van der Waals surface area contributed by atoms with Gasteiger partial charge in [0, 0.05) is 10.8 Å². The smallest absolute Gasteiger partial charge is 0.183 e. The van der Waals surface area contributed by atoms with E-state index in [2.05, 4.69) is 0 Å². The molecule has 1 aromatic carbocycles. The van der Waals surface area contributed by atoms with Crippen molar-refractivity contribution in [2.45, 2.75) is 6.42 Å². The summed E-state index contributed by atoms with van der Waals surface area (Å²) in [5.41, 5.74) is 1.05. The predicted octanol–water partition coefficient (Wildman–Crippen LogP) is 3.69. The highest BCUT2D eigenvalue weighted by Gasteiger charge is 1.94. The second-order valence-electron chi connectivity index (χ2n) is 2.29. The molecule has 1 nitrogen and oxygen atoms in total. The Morgan fingerprint density at radius 1 is 1.42 bits per heavy atom. The zero-order valence-electron chi connectivity index (χ0n) is 6.40. The summed E-state index contributed by atoms with van der Waals surface area (Å²) < 4.78 is 10.1. The van der Waals surface area contributed by atoms with Crippen molar-refractivity contribution in [3.8, 4) is 0 Å². The molecule has 0 aliphatic carbocycles. The molecule has 0 saturated heterocycles. The standard InChI is InChI=1S/C9H8ClOP/c10-9-6-2-1-4-8(9)5-3-7-12-11/h1-4,6-7H,5H2. The molecule has 0 fully saturated rings. The van der Waals surface area contributed by atoms with Crippen LogP contribution in [0, 0.1) is 0 Å². The number of hydrogen-bond donors (Lipinski definition) is 0. The van der Waals surface area contributed by atoms with Crippen LogP contribution in [0.15, 0.2) is 36.2 Å². The molecule has 0 unspecified atom stereocenters. The lowest BCUT2D eigenvalue weighted by Gasteiger charge is -1.97. The fourth-order valence-corrected chi connectivity index (χ4v) is 1.29. The number of rotatable bonds is 3. The Kier molecular flexibility index (Phi) is 3.99. The Bertz CT molecular complexity index is 296. The van der Waals surface area contributed by atoms with Gasteiger partial charge in [-0.05, 0) is 18.1 Å². The van der Waals surface area contributed by atoms with Gasteiger partial charge in [0.15, 0.2) is 8.46 Å². The Morgan fingerprint density at radius 2 is 2.17 bits per heavy atom. The normalized spacial score (nSPS) is 11.1. The molecule has 0 saturated carbocycles. The van der Waals surface area contributed by atoms with Crippen molar-refractivity contribution in [2.75, 3.05) is 0 Å². The van der Waals surface area contributed by atoms with Crippen molar-refractivity contribution in [3.05, 3.63) is 46.7 Å². The Hall–Kier alpha value is -0.650. The average Bonchev–Trinajstić information content (AvgIpc) is 2.09. The first-order valence-corrected chi connectivity index (χ1v) is 4.81. The van der Waals surface area contributed by atoms with Gasteiger partial charge in [0.25, 0.3) is 0 Å². The third-order valence-electron chi connectivity index (χ3n) is 1.46. The van der Waals surface area contributed by atoms with E-state index in [1.165, 1.54) is 0 Å². The van der Waals surface area contributed by atoms with Gasteiger partial charge < -0.3 is 0 Å². The maximum atomic E-state index is 10.1. The Morgan fingerprint density at radius 3 is 2.83 bits per heavy atom. The van der Waals surface area contributed by atoms with Crippen LogP contribution in [0.5, 0.6) is 0 Å². The maximum Gasteiger partial charge on any atom is 0.183 e. The van der Waals surface area contributed by atoms with Gasteiger partial charge in [-0.15, -0.1) is 0 Å². The van der Waals surface area contributed by atoms with E-state index in [9.17, 15) is 4.57 Å². The maximum absolute atomic E-state index is 10.1. The second-order valence-corrected chi connectivity index (χ2v) is 3.20. The largest absolute Gasteiger partial charge is 0.270 e. The van der Waals surface area contributed by atoms with Crippen molar-refractivity contribution in [1.82, 2.24) is 0 Å². The molecule has 0 amide bonds. The minimum atomic E-state index is 0.0429. The fraction of sp³-hybridized carbons (Fsp3) is 0.111. The molecule has 0 aliphatic heterocycles. The minimum Gasteiger partial charge on any atom is -0.270 e. The summed E-state index contributed by atoms with van der Waals surface area (Å²) >= 11 is 5.89. The van der Waals surface area contributed by atoms with Crippen LogP contribution in [-0.2, 0) is 11.0 Å². The first-order chi connectivity index (χ1) is 5.84. The molecule has 0 radical (unpaired) electrons. The number of allylic oxidation sites excluding steroid dienone is 1. The lowest BCUT2D eigenvalue weighted by Crippen LogP contribution is -1.80. The topological polar surface area (TPSA) is 17.1 Å². The van der Waals surface area contributed by atoms with Crippen LogP contribution in [0.3, 0.4) is 0 Å². The highest BCUT2D eigenvalue weighted by molar-refractivity contribution is 7.27. The van der Waals surface area contributed by atoms with Crippen molar-refractivity contribution in [2.24, 2.45) is 0 Å². The van der Waals surface area contributed by atoms with E-state index in [-0.39, 0.29) is 8.46 Å². The Balaban J connectivity index is 2.69. The van der Waals surface area contributed by atoms with Crippen LogP contribution in [0.1, 0.15) is 5.56 Å². The molecule has 0 aromatic heterocycles. The molecule has 0 aliphatic rings. The molecule has 62 valence electrons. The van der Waals surface area contributed by atoms with E-state index < -0.39 is 0 Å². The zero-order valence-corrected chi connectivity index (χ0v) is 8.05. The summed E-state index contributed by atoms with van der Waals surface area (Å²) in [6.45, 7) is 0. The third kappa shape index (κ3) is 2.77. The highest BCUT2D eigenvalue weighted by atomic mass is 35.5. The van der Waals surface area contributed by atoms with Crippen LogP contribution in [0.25, 0.3) is 0 Å². The molecule has 12 heavy (non-hydrogen) atoms. The highest BCUT2D eigenvalue weighted by Crippen LogP contribution is 2.15. The fourth-order valence-electron chi connectivity index (χ4n) is 0.887. The van der Waals surface area contributed by atoms with Crippen molar-refractivity contribution in [1.29, 1.82) is 0 Å². The van der Waals surface area contributed by atoms with E-state index in [0.29, 0.717) is 0 Å². The molecule has 3 heteroatoms. The first kappa shape index (κ1) is 9.44. The first-order valence-electron chi connectivity index (χ1n) is 3.55. The lowest BCUT2D eigenvalue weighted by atomic mass is 10.1. The molecule has 0 bridgehead atoms. The van der Waals surface area contributed by atoms with E-state index in [1.807, 2.05) is 30.3 Å². The zero-order chi connectivity index (χ0) is 8.81. The number of benzene rings is 1. The molecular weight excluding hydrogens is 191 g/mol. The molecule has 1 aromatic rings. The minimum absolute atomic E-state index is 0.0429. The third-order valence-corrected chi connectivity index (χ3v) is 2.16. The van der Waals surface area contributed by atoms with Crippen LogP contribution in [-0.4, -0.2) is 0 Å². The molecule has 0 heterocycles. The van der Waals surface area contributed by atoms with Crippen molar-refractivity contribution in [3.63, 3.8) is 0 Å². The van der Waals surface area contributed by atoms with Gasteiger partial charge in [-0.25, -0.2) is 0 Å². The van der Waals surface area contributed by atoms with Crippen LogP contribution in [0.4, 0.5) is 0 Å². The molecule has 0 atom stereocenters. The predicted molar refractivity (Wildman–Crippen MR) is 51.9 cm³/mol. The van der Waals surface area contributed by atoms with Crippen LogP contribution >= 0.6 is 20.1 Å².